The number of hydrogen-bond donors (Lipinski definition) is 2. The van der Waals surface area contributed by atoms with Gasteiger partial charge >= 0.3 is 0 Å². The van der Waals surface area contributed by atoms with Crippen LogP contribution in [0.5, 0.6) is 0 Å². The maximum Gasteiger partial charge on any atom is 0.227 e. The average Bonchev–Trinajstić information content (AvgIpc) is 2.37. The van der Waals surface area contributed by atoms with Gasteiger partial charge in [-0.05, 0) is 31.9 Å². The van der Waals surface area contributed by atoms with Crippen molar-refractivity contribution in [2.24, 2.45) is 11.7 Å². The van der Waals surface area contributed by atoms with Crippen LogP contribution in [0.25, 0.3) is 0 Å². The number of benzene rings is 1. The molecule has 3 N–H and O–H groups in total. The summed E-state index contributed by atoms with van der Waals surface area (Å²) in [5.41, 5.74) is 7.30. The van der Waals surface area contributed by atoms with Crippen molar-refractivity contribution >= 4 is 28.9 Å². The van der Waals surface area contributed by atoms with E-state index in [-0.39, 0.29) is 17.9 Å². The highest BCUT2D eigenvalue weighted by Crippen LogP contribution is 2.32. The minimum atomic E-state index is -0.0438. The van der Waals surface area contributed by atoms with E-state index in [1.54, 1.807) is 0 Å². The molecular weight excluding hydrogens is 286 g/mol. The summed E-state index contributed by atoms with van der Waals surface area (Å²) < 4.78 is 0. The molecule has 0 aliphatic carbocycles. The van der Waals surface area contributed by atoms with Crippen molar-refractivity contribution in [3.05, 3.63) is 23.2 Å². The molecule has 4 nitrogen and oxygen atoms in total. The fourth-order valence-electron chi connectivity index (χ4n) is 2.20. The van der Waals surface area contributed by atoms with Crippen LogP contribution >= 0.6 is 11.6 Å². The van der Waals surface area contributed by atoms with E-state index in [2.05, 4.69) is 5.32 Å². The van der Waals surface area contributed by atoms with Crippen molar-refractivity contribution in [1.29, 1.82) is 0 Å². The number of hydrogen-bond acceptors (Lipinski definition) is 3. The first-order valence-electron chi connectivity index (χ1n) is 7.35. The zero-order valence-corrected chi connectivity index (χ0v) is 14.1. The third-order valence-corrected chi connectivity index (χ3v) is 3.74. The number of halogens is 1. The Balaban J connectivity index is 2.68. The van der Waals surface area contributed by atoms with Gasteiger partial charge in [-0.15, -0.1) is 0 Å². The Bertz CT molecular complexity index is 475. The van der Waals surface area contributed by atoms with Crippen LogP contribution in [0.2, 0.25) is 5.02 Å². The fourth-order valence-corrected chi connectivity index (χ4v) is 2.55. The number of para-hydroxylation sites is 1. The zero-order valence-electron chi connectivity index (χ0n) is 13.3. The molecule has 0 spiro atoms. The molecule has 118 valence electrons. The quantitative estimate of drug-likeness (QED) is 0.810. The van der Waals surface area contributed by atoms with Crippen molar-refractivity contribution in [1.82, 2.24) is 0 Å². The van der Waals surface area contributed by atoms with Crippen LogP contribution in [0, 0.1) is 5.92 Å². The summed E-state index contributed by atoms with van der Waals surface area (Å²) in [4.78, 5) is 14.2. The molecule has 0 radical (unpaired) electrons. The summed E-state index contributed by atoms with van der Waals surface area (Å²) in [6.45, 7) is 3.93. The number of rotatable bonds is 7. The van der Waals surface area contributed by atoms with Crippen molar-refractivity contribution in [2.75, 3.05) is 24.3 Å². The van der Waals surface area contributed by atoms with Crippen LogP contribution in [0.1, 0.15) is 33.1 Å². The van der Waals surface area contributed by atoms with Crippen molar-refractivity contribution in [3.8, 4) is 0 Å². The van der Waals surface area contributed by atoms with Crippen LogP contribution in [0.3, 0.4) is 0 Å². The monoisotopic (exact) mass is 311 g/mol. The summed E-state index contributed by atoms with van der Waals surface area (Å²) in [5.74, 6) is -0.0252. The minimum absolute atomic E-state index is 0.0186. The summed E-state index contributed by atoms with van der Waals surface area (Å²) in [6, 6.07) is 5.71. The molecule has 0 saturated heterocycles. The molecule has 1 aromatic carbocycles. The van der Waals surface area contributed by atoms with Gasteiger partial charge in [0.25, 0.3) is 0 Å². The lowest BCUT2D eigenvalue weighted by Crippen LogP contribution is -2.23. The number of nitrogens with zero attached hydrogens (tertiary/aromatic N) is 1. The standard InChI is InChI=1S/C16H26ClN3O/c1-11(7-5-8-12(2)18)16(21)19-14-10-6-9-13(17)15(14)20(3)4/h6,9-12H,5,7-8,18H2,1-4H3,(H,19,21). The lowest BCUT2D eigenvalue weighted by molar-refractivity contribution is -0.119. The minimum Gasteiger partial charge on any atom is -0.375 e. The average molecular weight is 312 g/mol. The lowest BCUT2D eigenvalue weighted by Gasteiger charge is -2.20. The summed E-state index contributed by atoms with van der Waals surface area (Å²) in [5, 5.41) is 3.60. The highest BCUT2D eigenvalue weighted by molar-refractivity contribution is 6.34. The molecular formula is C16H26ClN3O. The molecule has 0 heterocycles. The fraction of sp³-hybridized carbons (Fsp3) is 0.562. The van der Waals surface area contributed by atoms with Gasteiger partial charge in [-0.2, -0.15) is 0 Å². The number of amides is 1. The number of nitrogens with one attached hydrogen (secondary N) is 1. The molecule has 0 fully saturated rings. The normalized spacial score (nSPS) is 13.6. The van der Waals surface area contributed by atoms with Gasteiger partial charge in [-0.3, -0.25) is 4.79 Å². The number of anilines is 2. The molecule has 0 saturated carbocycles. The number of carbonyl (C=O) groups is 1. The first kappa shape index (κ1) is 17.8. The SMILES string of the molecule is CC(N)CCCC(C)C(=O)Nc1cccc(Cl)c1N(C)C. The molecule has 1 amide bonds. The maximum absolute atomic E-state index is 12.3. The van der Waals surface area contributed by atoms with E-state index in [4.69, 9.17) is 17.3 Å². The first-order valence-corrected chi connectivity index (χ1v) is 7.73. The second-order valence-electron chi connectivity index (χ2n) is 5.83. The van der Waals surface area contributed by atoms with Crippen molar-refractivity contribution < 1.29 is 4.79 Å². The van der Waals surface area contributed by atoms with Crippen LogP contribution in [0.15, 0.2) is 18.2 Å². The highest BCUT2D eigenvalue weighted by atomic mass is 35.5. The van der Waals surface area contributed by atoms with E-state index < -0.39 is 0 Å². The van der Waals surface area contributed by atoms with Gasteiger partial charge in [0.15, 0.2) is 0 Å². The molecule has 2 atom stereocenters. The molecule has 0 aliphatic heterocycles. The Kier molecular flexibility index (Phi) is 6.99. The van der Waals surface area contributed by atoms with E-state index >= 15 is 0 Å². The summed E-state index contributed by atoms with van der Waals surface area (Å²) in [6.07, 6.45) is 2.74. The molecule has 2 unspecified atom stereocenters. The Morgan fingerprint density at radius 1 is 1.33 bits per heavy atom. The summed E-state index contributed by atoms with van der Waals surface area (Å²) >= 11 is 6.20. The van der Waals surface area contributed by atoms with Gasteiger partial charge in [0.2, 0.25) is 5.91 Å². The topological polar surface area (TPSA) is 58.4 Å². The molecule has 0 aromatic heterocycles. The number of nitrogens with two attached hydrogens (primary N) is 1. The molecule has 0 aliphatic rings. The van der Waals surface area contributed by atoms with Gasteiger partial charge in [0.1, 0.15) is 0 Å². The van der Waals surface area contributed by atoms with Gasteiger partial charge in [-0.1, -0.05) is 31.0 Å². The Morgan fingerprint density at radius 2 is 2.00 bits per heavy atom. The smallest absolute Gasteiger partial charge is 0.227 e. The van der Waals surface area contributed by atoms with E-state index in [0.717, 1.165) is 30.6 Å². The summed E-state index contributed by atoms with van der Waals surface area (Å²) in [7, 11) is 3.81. The van der Waals surface area contributed by atoms with Gasteiger partial charge in [0, 0.05) is 26.1 Å². The Labute approximate surface area is 132 Å². The second kappa shape index (κ2) is 8.25. The van der Waals surface area contributed by atoms with E-state index in [0.29, 0.717) is 5.02 Å². The highest BCUT2D eigenvalue weighted by Gasteiger charge is 2.16. The molecule has 5 heteroatoms. The number of carbonyl (C=O) groups excluding carboxylic acids is 1. The zero-order chi connectivity index (χ0) is 16.0. The predicted octanol–water partition coefficient (Wildman–Crippen LogP) is 3.50. The molecule has 21 heavy (non-hydrogen) atoms. The van der Waals surface area contributed by atoms with Gasteiger partial charge in [-0.25, -0.2) is 0 Å². The third-order valence-electron chi connectivity index (χ3n) is 3.44. The largest absolute Gasteiger partial charge is 0.375 e. The van der Waals surface area contributed by atoms with Gasteiger partial charge < -0.3 is 16.0 Å². The predicted molar refractivity (Wildman–Crippen MR) is 91.1 cm³/mol. The van der Waals surface area contributed by atoms with E-state index in [1.165, 1.54) is 0 Å². The van der Waals surface area contributed by atoms with Crippen molar-refractivity contribution in [3.63, 3.8) is 0 Å². The molecule has 1 rings (SSSR count). The lowest BCUT2D eigenvalue weighted by atomic mass is 10.0. The van der Waals surface area contributed by atoms with E-state index in [9.17, 15) is 4.79 Å². The third kappa shape index (κ3) is 5.56. The van der Waals surface area contributed by atoms with Crippen LogP contribution in [-0.2, 0) is 4.79 Å². The van der Waals surface area contributed by atoms with Gasteiger partial charge in [0.05, 0.1) is 16.4 Å². The Morgan fingerprint density at radius 3 is 2.57 bits per heavy atom. The second-order valence-corrected chi connectivity index (χ2v) is 6.24. The van der Waals surface area contributed by atoms with Crippen LogP contribution in [0.4, 0.5) is 11.4 Å². The molecule has 1 aromatic rings. The maximum atomic E-state index is 12.3. The molecule has 0 bridgehead atoms. The Hall–Kier alpha value is -1.26. The van der Waals surface area contributed by atoms with Crippen LogP contribution < -0.4 is 16.0 Å². The van der Waals surface area contributed by atoms with E-state index in [1.807, 2.05) is 51.0 Å². The van der Waals surface area contributed by atoms with Crippen LogP contribution in [-0.4, -0.2) is 26.0 Å². The van der Waals surface area contributed by atoms with Crippen molar-refractivity contribution in [2.45, 2.75) is 39.2 Å². The first-order chi connectivity index (χ1) is 9.82.